The fourth-order valence-corrected chi connectivity index (χ4v) is 6.77. The van der Waals surface area contributed by atoms with Gasteiger partial charge in [-0.25, -0.2) is 8.42 Å². The third-order valence-corrected chi connectivity index (χ3v) is 9.13. The second-order valence-electron chi connectivity index (χ2n) is 8.52. The van der Waals surface area contributed by atoms with Crippen LogP contribution >= 0.6 is 11.3 Å². The molecule has 9 heteroatoms. The van der Waals surface area contributed by atoms with Crippen molar-refractivity contribution in [1.29, 1.82) is 0 Å². The molecule has 0 bridgehead atoms. The van der Waals surface area contributed by atoms with E-state index in [-0.39, 0.29) is 16.4 Å². The molecule has 0 unspecified atom stereocenters. The van der Waals surface area contributed by atoms with Crippen molar-refractivity contribution >= 4 is 38.9 Å². The Morgan fingerprint density at radius 2 is 1.68 bits per heavy atom. The van der Waals surface area contributed by atoms with Gasteiger partial charge in [-0.15, -0.1) is 11.3 Å². The smallest absolute Gasteiger partial charge is 0.255 e. The van der Waals surface area contributed by atoms with Gasteiger partial charge in [-0.05, 0) is 72.7 Å². The van der Waals surface area contributed by atoms with Crippen LogP contribution in [0, 0.1) is 0 Å². The maximum atomic E-state index is 13.3. The van der Waals surface area contributed by atoms with Crippen molar-refractivity contribution in [3.05, 3.63) is 81.5 Å². The molecule has 1 aromatic heterocycles. The molecule has 5 rings (SSSR count). The highest BCUT2D eigenvalue weighted by Crippen LogP contribution is 2.28. The standard InChI is InChI=1S/C25H25N3O4S2/c29-24(26-21-7-3-6-19(15-21)25(30)27-11-1-2-12-27)18-5-4-8-22(16-18)34(31,32)28-13-9-23-20(17-28)10-14-33-23/h3-8,10,14-16H,1-2,9,11-13,17H2,(H,26,29). The van der Waals surface area contributed by atoms with Gasteiger partial charge in [0.25, 0.3) is 11.8 Å². The number of hydrogen-bond donors (Lipinski definition) is 1. The lowest BCUT2D eigenvalue weighted by atomic mass is 10.1. The van der Waals surface area contributed by atoms with Crippen LogP contribution in [0.2, 0.25) is 0 Å². The van der Waals surface area contributed by atoms with Crippen molar-refractivity contribution in [2.75, 3.05) is 25.0 Å². The lowest BCUT2D eigenvalue weighted by molar-refractivity contribution is 0.0792. The highest BCUT2D eigenvalue weighted by atomic mass is 32.2. The van der Waals surface area contributed by atoms with E-state index >= 15 is 0 Å². The number of carbonyl (C=O) groups is 2. The topological polar surface area (TPSA) is 86.8 Å². The first kappa shape index (κ1) is 22.8. The van der Waals surface area contributed by atoms with Gasteiger partial charge in [-0.1, -0.05) is 12.1 Å². The van der Waals surface area contributed by atoms with E-state index in [2.05, 4.69) is 5.32 Å². The van der Waals surface area contributed by atoms with Crippen molar-refractivity contribution < 1.29 is 18.0 Å². The third-order valence-electron chi connectivity index (χ3n) is 6.27. The van der Waals surface area contributed by atoms with E-state index in [1.54, 1.807) is 47.7 Å². The summed E-state index contributed by atoms with van der Waals surface area (Å²) in [5, 5.41) is 4.78. The van der Waals surface area contributed by atoms with E-state index in [1.165, 1.54) is 21.3 Å². The molecule has 1 saturated heterocycles. The zero-order valence-corrected chi connectivity index (χ0v) is 20.2. The predicted molar refractivity (Wildman–Crippen MR) is 132 cm³/mol. The number of rotatable bonds is 5. The van der Waals surface area contributed by atoms with Crippen LogP contribution in [0.25, 0.3) is 0 Å². The Kier molecular flexibility index (Phi) is 6.24. The SMILES string of the molecule is O=C(Nc1cccc(C(=O)N2CCCC2)c1)c1cccc(S(=O)(=O)N2CCc3sccc3C2)c1. The summed E-state index contributed by atoms with van der Waals surface area (Å²) in [5.41, 5.74) is 2.29. The molecule has 2 amide bonds. The molecule has 3 aromatic rings. The molecule has 3 heterocycles. The molecule has 2 aliphatic rings. The third kappa shape index (κ3) is 4.51. The van der Waals surface area contributed by atoms with Gasteiger partial charge in [0.2, 0.25) is 10.0 Å². The Balaban J connectivity index is 1.32. The zero-order chi connectivity index (χ0) is 23.7. The van der Waals surface area contributed by atoms with Crippen LogP contribution in [-0.4, -0.2) is 49.1 Å². The lowest BCUT2D eigenvalue weighted by Gasteiger charge is -2.26. The normalized spacial score (nSPS) is 16.3. The number of likely N-dealkylation sites (tertiary alicyclic amines) is 1. The summed E-state index contributed by atoms with van der Waals surface area (Å²) in [7, 11) is -3.73. The molecule has 0 saturated carbocycles. The molecule has 0 atom stereocenters. The Hall–Kier alpha value is -3.01. The molecule has 2 aromatic carbocycles. The molecule has 0 aliphatic carbocycles. The minimum absolute atomic E-state index is 0.0444. The van der Waals surface area contributed by atoms with Gasteiger partial charge in [0, 0.05) is 47.9 Å². The lowest BCUT2D eigenvalue weighted by Crippen LogP contribution is -2.35. The first-order chi connectivity index (χ1) is 16.4. The minimum atomic E-state index is -3.73. The highest BCUT2D eigenvalue weighted by molar-refractivity contribution is 7.89. The number of hydrogen-bond acceptors (Lipinski definition) is 5. The summed E-state index contributed by atoms with van der Waals surface area (Å²) in [6.45, 7) is 2.27. The second kappa shape index (κ2) is 9.32. The van der Waals surface area contributed by atoms with Crippen LogP contribution in [0.5, 0.6) is 0 Å². The maximum absolute atomic E-state index is 13.3. The van der Waals surface area contributed by atoms with Gasteiger partial charge >= 0.3 is 0 Å². The van der Waals surface area contributed by atoms with Crippen LogP contribution in [0.1, 0.15) is 44.0 Å². The first-order valence-electron chi connectivity index (χ1n) is 11.3. The average molecular weight is 496 g/mol. The van der Waals surface area contributed by atoms with Gasteiger partial charge in [0.05, 0.1) is 4.90 Å². The number of benzene rings is 2. The number of carbonyl (C=O) groups excluding carboxylic acids is 2. The summed E-state index contributed by atoms with van der Waals surface area (Å²) < 4.78 is 28.0. The number of sulfonamides is 1. The molecular formula is C25H25N3O4S2. The largest absolute Gasteiger partial charge is 0.339 e. The van der Waals surface area contributed by atoms with Crippen LogP contribution in [-0.2, 0) is 23.0 Å². The molecule has 176 valence electrons. The molecule has 0 radical (unpaired) electrons. The summed E-state index contributed by atoms with van der Waals surface area (Å²) in [6, 6.07) is 14.9. The van der Waals surface area contributed by atoms with Crippen molar-refractivity contribution in [1.82, 2.24) is 9.21 Å². The number of nitrogens with zero attached hydrogens (tertiary/aromatic N) is 2. The van der Waals surface area contributed by atoms with E-state index in [0.29, 0.717) is 30.8 Å². The Labute approximate surface area is 203 Å². The van der Waals surface area contributed by atoms with Gasteiger partial charge in [0.15, 0.2) is 0 Å². The minimum Gasteiger partial charge on any atom is -0.339 e. The quantitative estimate of drug-likeness (QED) is 0.580. The van der Waals surface area contributed by atoms with Crippen molar-refractivity contribution in [3.8, 4) is 0 Å². The molecular weight excluding hydrogens is 470 g/mol. The van der Waals surface area contributed by atoms with Crippen molar-refractivity contribution in [2.45, 2.75) is 30.7 Å². The van der Waals surface area contributed by atoms with E-state index in [1.807, 2.05) is 16.3 Å². The fraction of sp³-hybridized carbons (Fsp3) is 0.280. The number of nitrogens with one attached hydrogen (secondary N) is 1. The zero-order valence-electron chi connectivity index (χ0n) is 18.6. The predicted octanol–water partition coefficient (Wildman–Crippen LogP) is 3.98. The van der Waals surface area contributed by atoms with Crippen LogP contribution in [0.3, 0.4) is 0 Å². The molecule has 34 heavy (non-hydrogen) atoms. The van der Waals surface area contributed by atoms with Crippen LogP contribution < -0.4 is 5.32 Å². The maximum Gasteiger partial charge on any atom is 0.255 e. The summed E-state index contributed by atoms with van der Waals surface area (Å²) in [4.78, 5) is 28.7. The van der Waals surface area contributed by atoms with E-state index < -0.39 is 15.9 Å². The van der Waals surface area contributed by atoms with E-state index in [9.17, 15) is 18.0 Å². The monoisotopic (exact) mass is 495 g/mol. The number of anilines is 1. The van der Waals surface area contributed by atoms with Crippen LogP contribution in [0.15, 0.2) is 64.9 Å². The number of fused-ring (bicyclic) bond motifs is 1. The first-order valence-corrected chi connectivity index (χ1v) is 13.6. The fourth-order valence-electron chi connectivity index (χ4n) is 4.41. The highest BCUT2D eigenvalue weighted by Gasteiger charge is 2.29. The number of thiophene rings is 1. The Bertz CT molecular complexity index is 1340. The molecule has 1 N–H and O–H groups in total. The Morgan fingerprint density at radius 3 is 2.50 bits per heavy atom. The molecule has 0 spiro atoms. The summed E-state index contributed by atoms with van der Waals surface area (Å²) >= 11 is 1.65. The molecule has 1 fully saturated rings. The van der Waals surface area contributed by atoms with Gasteiger partial charge in [0.1, 0.15) is 0 Å². The molecule has 2 aliphatic heterocycles. The van der Waals surface area contributed by atoms with Crippen molar-refractivity contribution in [3.63, 3.8) is 0 Å². The number of amides is 2. The van der Waals surface area contributed by atoms with E-state index in [0.717, 1.165) is 31.5 Å². The summed E-state index contributed by atoms with van der Waals surface area (Å²) in [6.07, 6.45) is 2.71. The van der Waals surface area contributed by atoms with Gasteiger partial charge in [-0.2, -0.15) is 4.31 Å². The second-order valence-corrected chi connectivity index (χ2v) is 11.5. The van der Waals surface area contributed by atoms with Gasteiger partial charge < -0.3 is 10.2 Å². The van der Waals surface area contributed by atoms with Crippen LogP contribution in [0.4, 0.5) is 5.69 Å². The van der Waals surface area contributed by atoms with E-state index in [4.69, 9.17) is 0 Å². The van der Waals surface area contributed by atoms with Gasteiger partial charge in [-0.3, -0.25) is 9.59 Å². The summed E-state index contributed by atoms with van der Waals surface area (Å²) in [5.74, 6) is -0.474. The van der Waals surface area contributed by atoms with Crippen molar-refractivity contribution in [2.24, 2.45) is 0 Å². The Morgan fingerprint density at radius 1 is 0.912 bits per heavy atom. The average Bonchev–Trinajstić information content (AvgIpc) is 3.55. The molecule has 7 nitrogen and oxygen atoms in total.